The van der Waals surface area contributed by atoms with Crippen LogP contribution in [0.3, 0.4) is 0 Å². The molecule has 0 aliphatic rings. The second-order valence-electron chi connectivity index (χ2n) is 5.71. The molecule has 0 nitrogen and oxygen atoms in total. The van der Waals surface area contributed by atoms with Gasteiger partial charge in [0.05, 0.1) is 0 Å². The van der Waals surface area contributed by atoms with E-state index < -0.39 is 7.53 Å². The molecule has 124 valence electrons. The van der Waals surface area contributed by atoms with Gasteiger partial charge in [-0.1, -0.05) is 67.4 Å². The molecule has 0 atom stereocenters. The summed E-state index contributed by atoms with van der Waals surface area (Å²) in [6.07, 6.45) is 0. The van der Waals surface area contributed by atoms with E-state index >= 15 is 0 Å². The molecule has 0 unspecified atom stereocenters. The monoisotopic (exact) mass is 547 g/mol. The van der Waals surface area contributed by atoms with Crippen molar-refractivity contribution in [3.8, 4) is 5.30 Å². The fourth-order valence-corrected chi connectivity index (χ4v) is 6.16. The summed E-state index contributed by atoms with van der Waals surface area (Å²) < 4.78 is 0. The van der Waals surface area contributed by atoms with Crippen molar-refractivity contribution in [2.45, 2.75) is 0 Å². The third-order valence-electron chi connectivity index (χ3n) is 4.44. The van der Waals surface area contributed by atoms with E-state index in [1.54, 1.807) is 0 Å². The maximum Gasteiger partial charge on any atom is 0.00532 e. The van der Waals surface area contributed by atoms with Crippen molar-refractivity contribution in [2.24, 2.45) is 0 Å². The first-order valence-electron chi connectivity index (χ1n) is 7.56. The molecule has 0 bridgehead atoms. The molecular formula is C21H14Cl2HfP-3. The minimum atomic E-state index is -0.419. The van der Waals surface area contributed by atoms with Crippen LogP contribution in [0.15, 0.2) is 84.9 Å². The SMILES string of the molecule is [Cl-].[Cl-].[Hf].c1ccc2[cH-]c(-p3c4ccccc4c4ccccc43)cc2c1. The Labute approximate surface area is 179 Å². The van der Waals surface area contributed by atoms with Gasteiger partial charge in [-0.15, -0.1) is 35.0 Å². The van der Waals surface area contributed by atoms with E-state index in [-0.39, 0.29) is 50.7 Å². The Bertz CT molecular complexity index is 1050. The molecule has 0 saturated carbocycles. The molecule has 0 fully saturated rings. The van der Waals surface area contributed by atoms with E-state index in [4.69, 9.17) is 0 Å². The zero-order valence-electron chi connectivity index (χ0n) is 13.3. The summed E-state index contributed by atoms with van der Waals surface area (Å²) in [6.45, 7) is 0. The first-order chi connectivity index (χ1) is 10.9. The molecule has 0 spiro atoms. The van der Waals surface area contributed by atoms with Crippen LogP contribution in [0.2, 0.25) is 0 Å². The first kappa shape index (κ1) is 20.3. The Morgan fingerprint density at radius 2 is 1.16 bits per heavy atom. The van der Waals surface area contributed by atoms with E-state index in [2.05, 4.69) is 84.9 Å². The Morgan fingerprint density at radius 3 is 1.76 bits per heavy atom. The molecule has 0 aliphatic heterocycles. The van der Waals surface area contributed by atoms with Crippen LogP contribution in [0.4, 0.5) is 0 Å². The maximum absolute atomic E-state index is 2.37. The van der Waals surface area contributed by atoms with Crippen molar-refractivity contribution < 1.29 is 50.7 Å². The van der Waals surface area contributed by atoms with Crippen molar-refractivity contribution in [3.63, 3.8) is 0 Å². The number of hydrogen-bond acceptors (Lipinski definition) is 0. The largest absolute Gasteiger partial charge is 1.00 e. The molecule has 1 heterocycles. The Morgan fingerprint density at radius 1 is 0.640 bits per heavy atom. The predicted molar refractivity (Wildman–Crippen MR) is 98.6 cm³/mol. The number of rotatable bonds is 1. The number of benzene rings is 3. The maximum atomic E-state index is 2.37. The second kappa shape index (κ2) is 8.14. The van der Waals surface area contributed by atoms with Gasteiger partial charge in [-0.2, -0.15) is 6.07 Å². The van der Waals surface area contributed by atoms with Gasteiger partial charge in [-0.25, -0.2) is 0 Å². The van der Waals surface area contributed by atoms with Crippen molar-refractivity contribution in [1.29, 1.82) is 0 Å². The molecule has 25 heavy (non-hydrogen) atoms. The summed E-state index contributed by atoms with van der Waals surface area (Å²) in [7, 11) is -0.419. The van der Waals surface area contributed by atoms with Gasteiger partial charge in [0, 0.05) is 36.1 Å². The van der Waals surface area contributed by atoms with Gasteiger partial charge in [0.1, 0.15) is 0 Å². The molecule has 4 heteroatoms. The summed E-state index contributed by atoms with van der Waals surface area (Å²) in [5.41, 5.74) is 0. The van der Waals surface area contributed by atoms with Crippen LogP contribution in [0.5, 0.6) is 0 Å². The second-order valence-corrected chi connectivity index (χ2v) is 7.86. The molecule has 1 aromatic heterocycles. The van der Waals surface area contributed by atoms with Crippen molar-refractivity contribution in [3.05, 3.63) is 84.9 Å². The average molecular weight is 547 g/mol. The topological polar surface area (TPSA) is 0 Å². The molecule has 0 aliphatic carbocycles. The van der Waals surface area contributed by atoms with Gasteiger partial charge < -0.3 is 24.8 Å². The smallest absolute Gasteiger partial charge is 0.00532 e. The van der Waals surface area contributed by atoms with Crippen LogP contribution in [-0.2, 0) is 25.8 Å². The first-order valence-corrected chi connectivity index (χ1v) is 8.90. The van der Waals surface area contributed by atoms with Crippen LogP contribution in [0, 0.1) is 0 Å². The van der Waals surface area contributed by atoms with Crippen LogP contribution >= 0.6 is 7.53 Å². The van der Waals surface area contributed by atoms with Crippen LogP contribution < -0.4 is 24.8 Å². The van der Waals surface area contributed by atoms with Gasteiger partial charge in [-0.3, -0.25) is 0 Å². The molecule has 0 radical (unpaired) electrons. The summed E-state index contributed by atoms with van der Waals surface area (Å²) in [5.74, 6) is 0. The summed E-state index contributed by atoms with van der Waals surface area (Å²) >= 11 is 0. The molecule has 5 rings (SSSR count). The van der Waals surface area contributed by atoms with E-state index in [1.165, 1.54) is 37.1 Å². The zero-order valence-corrected chi connectivity index (χ0v) is 19.3. The standard InChI is InChI=1S/C21H14P.2ClH.Hf/c1-2-8-16-14-17(13-15(16)7-1)22-20-11-5-3-9-18(20)19-10-4-6-12-21(19)22;;;/h1-14H;2*1H;/q-1;;;/p-2. The third kappa shape index (κ3) is 3.24. The van der Waals surface area contributed by atoms with Gasteiger partial charge in [0.2, 0.25) is 0 Å². The van der Waals surface area contributed by atoms with Crippen LogP contribution in [0.25, 0.3) is 37.1 Å². The number of hydrogen-bond donors (Lipinski definition) is 0. The normalized spacial score (nSPS) is 10.2. The fraction of sp³-hybridized carbons (Fsp3) is 0. The molecule has 0 saturated heterocycles. The summed E-state index contributed by atoms with van der Waals surface area (Å²) in [5, 5.41) is 9.98. The van der Waals surface area contributed by atoms with E-state index in [0.29, 0.717) is 0 Å². The summed E-state index contributed by atoms with van der Waals surface area (Å²) in [4.78, 5) is 0. The number of fused-ring (bicyclic) bond motifs is 4. The van der Waals surface area contributed by atoms with Crippen LogP contribution in [-0.4, -0.2) is 0 Å². The molecule has 0 amide bonds. The Kier molecular flexibility index (Phi) is 6.62. The number of halogens is 2. The van der Waals surface area contributed by atoms with E-state index in [1.807, 2.05) is 0 Å². The fourth-order valence-electron chi connectivity index (χ4n) is 3.46. The van der Waals surface area contributed by atoms with E-state index in [0.717, 1.165) is 0 Å². The zero-order chi connectivity index (χ0) is 14.5. The van der Waals surface area contributed by atoms with E-state index in [9.17, 15) is 0 Å². The predicted octanol–water partition coefficient (Wildman–Crippen LogP) is 0.846. The summed E-state index contributed by atoms with van der Waals surface area (Å²) in [6, 6.07) is 31.2. The van der Waals surface area contributed by atoms with Gasteiger partial charge >= 0.3 is 0 Å². The Hall–Kier alpha value is -0.980. The molecule has 4 aromatic carbocycles. The average Bonchev–Trinajstić information content (AvgIpc) is 3.13. The quantitative estimate of drug-likeness (QED) is 0.216. The Balaban J connectivity index is 0.000000751. The molecule has 5 aromatic rings. The van der Waals surface area contributed by atoms with Gasteiger partial charge in [0.25, 0.3) is 0 Å². The van der Waals surface area contributed by atoms with Crippen molar-refractivity contribution >= 4 is 39.3 Å². The molecular weight excluding hydrogens is 533 g/mol. The third-order valence-corrected chi connectivity index (χ3v) is 6.96. The minimum Gasteiger partial charge on any atom is -1.00 e. The molecule has 0 N–H and O–H groups in total. The van der Waals surface area contributed by atoms with Crippen molar-refractivity contribution in [1.82, 2.24) is 0 Å². The van der Waals surface area contributed by atoms with Gasteiger partial charge in [0.15, 0.2) is 0 Å². The van der Waals surface area contributed by atoms with Crippen LogP contribution in [0.1, 0.15) is 0 Å². The minimum absolute atomic E-state index is 0. The van der Waals surface area contributed by atoms with Gasteiger partial charge in [-0.05, 0) is 10.8 Å². The van der Waals surface area contributed by atoms with Crippen molar-refractivity contribution in [2.75, 3.05) is 0 Å².